The predicted molar refractivity (Wildman–Crippen MR) is 150 cm³/mol. The summed E-state index contributed by atoms with van der Waals surface area (Å²) in [5.41, 5.74) is -0.0582. The quantitative estimate of drug-likeness (QED) is 0.370. The molecule has 0 bridgehead atoms. The lowest BCUT2D eigenvalue weighted by molar-refractivity contribution is -0.178. The van der Waals surface area contributed by atoms with Crippen molar-refractivity contribution in [3.8, 4) is 0 Å². The molecule has 4 atom stereocenters. The molecule has 11 heteroatoms. The Hall–Kier alpha value is -2.17. The monoisotopic (exact) mass is 596 g/mol. The first-order valence-electron chi connectivity index (χ1n) is 13.0. The van der Waals surface area contributed by atoms with Crippen LogP contribution in [0.1, 0.15) is 69.0 Å². The van der Waals surface area contributed by atoms with Crippen molar-refractivity contribution in [1.29, 1.82) is 0 Å². The molecule has 1 aliphatic carbocycles. The number of amides is 1. The van der Waals surface area contributed by atoms with Gasteiger partial charge < -0.3 is 14.7 Å². The molecule has 2 aliphatic rings. The van der Waals surface area contributed by atoms with Crippen LogP contribution in [0.25, 0.3) is 0 Å². The van der Waals surface area contributed by atoms with Crippen molar-refractivity contribution in [2.75, 3.05) is 13.7 Å². The van der Waals surface area contributed by atoms with E-state index in [1.54, 1.807) is 30.0 Å². The number of nitrogens with one attached hydrogen (secondary N) is 1. The predicted octanol–water partition coefficient (Wildman–Crippen LogP) is 5.16. The lowest BCUT2D eigenvalue weighted by Gasteiger charge is -2.52. The molecule has 1 amide bonds. The van der Waals surface area contributed by atoms with E-state index in [0.29, 0.717) is 29.3 Å². The molecular weight excluding hydrogens is 563 g/mol. The van der Waals surface area contributed by atoms with Gasteiger partial charge in [-0.2, -0.15) is 0 Å². The van der Waals surface area contributed by atoms with Gasteiger partial charge in [0.15, 0.2) is 5.60 Å². The Kier molecular flexibility index (Phi) is 8.69. The van der Waals surface area contributed by atoms with E-state index in [4.69, 9.17) is 27.9 Å². The maximum atomic E-state index is 14.4. The molecule has 8 nitrogen and oxygen atoms in total. The SMILES string of the molecule is CC[C@@H](CNS(=O)(=O)C1(C)CC1)N1C(=O)[C@](CC(=O)O)(OC)C[C@H](c2cccc(Cl)c2)[C@H]1c1ccc(Cl)cc1. The molecular formula is C28H34Cl2N2O6S. The Morgan fingerprint density at radius 2 is 1.82 bits per heavy atom. The van der Waals surface area contributed by atoms with E-state index in [1.165, 1.54) is 7.11 Å². The van der Waals surface area contributed by atoms with E-state index in [9.17, 15) is 23.1 Å². The molecule has 2 aromatic carbocycles. The summed E-state index contributed by atoms with van der Waals surface area (Å²) in [7, 11) is -2.27. The minimum atomic E-state index is -3.61. The van der Waals surface area contributed by atoms with Gasteiger partial charge in [0.1, 0.15) is 0 Å². The number of hydrogen-bond donors (Lipinski definition) is 2. The number of halogens is 2. The fourth-order valence-electron chi connectivity index (χ4n) is 5.49. The minimum Gasteiger partial charge on any atom is -0.481 e. The van der Waals surface area contributed by atoms with E-state index in [-0.39, 0.29) is 13.0 Å². The lowest BCUT2D eigenvalue weighted by atomic mass is 9.72. The highest BCUT2D eigenvalue weighted by atomic mass is 35.5. The zero-order chi connectivity index (χ0) is 28.6. The van der Waals surface area contributed by atoms with Gasteiger partial charge in [-0.25, -0.2) is 13.1 Å². The maximum Gasteiger partial charge on any atom is 0.306 e. The highest BCUT2D eigenvalue weighted by Gasteiger charge is 2.56. The number of methoxy groups -OCH3 is 1. The highest BCUT2D eigenvalue weighted by molar-refractivity contribution is 7.91. The molecule has 2 N–H and O–H groups in total. The Labute approximate surface area is 239 Å². The molecule has 39 heavy (non-hydrogen) atoms. The van der Waals surface area contributed by atoms with Gasteiger partial charge in [0.05, 0.1) is 17.2 Å². The van der Waals surface area contributed by atoms with Gasteiger partial charge in [0, 0.05) is 35.7 Å². The van der Waals surface area contributed by atoms with Gasteiger partial charge in [-0.05, 0) is 68.0 Å². The number of carbonyl (C=O) groups excluding carboxylic acids is 1. The largest absolute Gasteiger partial charge is 0.481 e. The van der Waals surface area contributed by atoms with Gasteiger partial charge in [-0.3, -0.25) is 9.59 Å². The van der Waals surface area contributed by atoms with Crippen LogP contribution in [0, 0.1) is 0 Å². The third-order valence-corrected chi connectivity index (χ3v) is 10.9. The summed E-state index contributed by atoms with van der Waals surface area (Å²) in [6, 6.07) is 13.3. The van der Waals surface area contributed by atoms with Crippen molar-refractivity contribution >= 4 is 45.1 Å². The third-order valence-electron chi connectivity index (χ3n) is 8.15. The second-order valence-electron chi connectivity index (χ2n) is 10.7. The average molecular weight is 598 g/mol. The number of carboxylic acids is 1. The van der Waals surface area contributed by atoms with Crippen molar-refractivity contribution in [3.63, 3.8) is 0 Å². The highest BCUT2D eigenvalue weighted by Crippen LogP contribution is 2.50. The number of aliphatic carboxylic acids is 1. The van der Waals surface area contributed by atoms with Gasteiger partial charge in [0.25, 0.3) is 5.91 Å². The summed E-state index contributed by atoms with van der Waals surface area (Å²) in [6.07, 6.45) is 1.14. The standard InChI is InChI=1S/C28H34Cl2N2O6S/c1-4-22(17-31-39(36,37)27(2)12-13-27)32-25(18-8-10-20(29)11-9-18)23(19-6-5-7-21(30)14-19)15-28(38-3,26(32)35)16-24(33)34/h5-11,14,22-23,25,31H,4,12-13,15-17H2,1-3H3,(H,33,34)/t22-,23+,25+,28-/m0/s1. The zero-order valence-electron chi connectivity index (χ0n) is 22.2. The van der Waals surface area contributed by atoms with Crippen LogP contribution >= 0.6 is 23.2 Å². The first-order chi connectivity index (χ1) is 18.4. The normalized spacial score (nSPS) is 25.4. The fourth-order valence-corrected chi connectivity index (χ4v) is 7.22. The number of ether oxygens (including phenoxy) is 1. The number of sulfonamides is 1. The number of hydrogen-bond acceptors (Lipinski definition) is 5. The molecule has 2 aromatic rings. The molecule has 0 unspecified atom stereocenters. The summed E-state index contributed by atoms with van der Waals surface area (Å²) in [6.45, 7) is 3.56. The van der Waals surface area contributed by atoms with Crippen LogP contribution < -0.4 is 4.72 Å². The summed E-state index contributed by atoms with van der Waals surface area (Å²) >= 11 is 12.6. The number of carbonyl (C=O) groups is 2. The minimum absolute atomic E-state index is 0.0145. The van der Waals surface area contributed by atoms with Gasteiger partial charge in [-0.1, -0.05) is 54.4 Å². The summed E-state index contributed by atoms with van der Waals surface area (Å²) < 4.78 is 33.7. The van der Waals surface area contributed by atoms with Crippen LogP contribution in [0.15, 0.2) is 48.5 Å². The van der Waals surface area contributed by atoms with Crippen molar-refractivity contribution in [2.45, 2.75) is 74.3 Å². The van der Waals surface area contributed by atoms with Crippen LogP contribution in [-0.2, 0) is 24.3 Å². The molecule has 1 saturated carbocycles. The summed E-state index contributed by atoms with van der Waals surface area (Å²) in [5, 5.41) is 10.8. The van der Waals surface area contributed by atoms with Crippen LogP contribution in [0.3, 0.4) is 0 Å². The topological polar surface area (TPSA) is 113 Å². The summed E-state index contributed by atoms with van der Waals surface area (Å²) in [5.74, 6) is -2.07. The van der Waals surface area contributed by atoms with Crippen molar-refractivity contribution in [3.05, 3.63) is 69.7 Å². The number of benzene rings is 2. The van der Waals surface area contributed by atoms with Gasteiger partial charge in [-0.15, -0.1) is 0 Å². The smallest absolute Gasteiger partial charge is 0.306 e. The van der Waals surface area contributed by atoms with Crippen LogP contribution in [-0.4, -0.2) is 60.3 Å². The second kappa shape index (κ2) is 11.4. The molecule has 1 saturated heterocycles. The number of nitrogens with zero attached hydrogens (tertiary/aromatic N) is 1. The average Bonchev–Trinajstić information content (AvgIpc) is 3.65. The number of piperidine rings is 1. The molecule has 2 fully saturated rings. The Morgan fingerprint density at radius 1 is 1.15 bits per heavy atom. The van der Waals surface area contributed by atoms with E-state index >= 15 is 0 Å². The number of rotatable bonds is 11. The number of carboxylic acid groups (broad SMARTS) is 1. The molecule has 0 radical (unpaired) electrons. The van der Waals surface area contributed by atoms with Crippen molar-refractivity contribution in [2.24, 2.45) is 0 Å². The van der Waals surface area contributed by atoms with Crippen LogP contribution in [0.5, 0.6) is 0 Å². The molecule has 0 spiro atoms. The van der Waals surface area contributed by atoms with E-state index in [1.807, 2.05) is 37.3 Å². The van der Waals surface area contributed by atoms with Crippen LogP contribution in [0.4, 0.5) is 0 Å². The molecule has 1 heterocycles. The Balaban J connectivity index is 1.86. The summed E-state index contributed by atoms with van der Waals surface area (Å²) in [4.78, 5) is 28.0. The lowest BCUT2D eigenvalue weighted by Crippen LogP contribution is -2.62. The van der Waals surface area contributed by atoms with E-state index in [2.05, 4.69) is 4.72 Å². The third kappa shape index (κ3) is 5.98. The molecule has 212 valence electrons. The first-order valence-corrected chi connectivity index (χ1v) is 15.2. The molecule has 4 rings (SSSR count). The number of likely N-dealkylation sites (tertiary alicyclic amines) is 1. The Bertz CT molecular complexity index is 1330. The van der Waals surface area contributed by atoms with E-state index in [0.717, 1.165) is 11.1 Å². The fraction of sp³-hybridized carbons (Fsp3) is 0.500. The first kappa shape index (κ1) is 29.8. The van der Waals surface area contributed by atoms with Crippen LogP contribution in [0.2, 0.25) is 10.0 Å². The van der Waals surface area contributed by atoms with Crippen molar-refractivity contribution < 1.29 is 27.9 Å². The maximum absolute atomic E-state index is 14.4. The van der Waals surface area contributed by atoms with Gasteiger partial charge >= 0.3 is 5.97 Å². The molecule has 1 aliphatic heterocycles. The Morgan fingerprint density at radius 3 is 2.36 bits per heavy atom. The van der Waals surface area contributed by atoms with Gasteiger partial charge in [0.2, 0.25) is 10.0 Å². The van der Waals surface area contributed by atoms with Crippen molar-refractivity contribution in [1.82, 2.24) is 9.62 Å². The van der Waals surface area contributed by atoms with E-state index < -0.39 is 56.7 Å². The molecule has 0 aromatic heterocycles. The second-order valence-corrected chi connectivity index (χ2v) is 13.9. The zero-order valence-corrected chi connectivity index (χ0v) is 24.5.